The molecule has 1 saturated heterocycles. The minimum atomic E-state index is -0.911. The van der Waals surface area contributed by atoms with Crippen molar-refractivity contribution in [3.63, 3.8) is 0 Å². The number of piperazine rings is 1. The van der Waals surface area contributed by atoms with Gasteiger partial charge in [0, 0.05) is 38.6 Å². The van der Waals surface area contributed by atoms with Crippen LogP contribution in [0.5, 0.6) is 0 Å². The standard InChI is InChI=1S/C12H17N3O2/c1-2-14-5-7-15(8-6-14)11-3-4-13-9-10(11)12(16)17/h3-4,9H,2,5-8H2,1H3,(H,16,17). The molecule has 2 heterocycles. The number of likely N-dealkylation sites (N-methyl/N-ethyl adjacent to an activating group) is 1. The summed E-state index contributed by atoms with van der Waals surface area (Å²) in [7, 11) is 0. The fraction of sp³-hybridized carbons (Fsp3) is 0.500. The highest BCUT2D eigenvalue weighted by atomic mass is 16.4. The third kappa shape index (κ3) is 2.55. The normalized spacial score (nSPS) is 17.1. The molecule has 1 aliphatic rings. The van der Waals surface area contributed by atoms with Crippen molar-refractivity contribution < 1.29 is 9.90 Å². The van der Waals surface area contributed by atoms with E-state index in [0.717, 1.165) is 38.4 Å². The number of rotatable bonds is 3. The summed E-state index contributed by atoms with van der Waals surface area (Å²) in [6, 6.07) is 1.78. The van der Waals surface area contributed by atoms with E-state index in [1.165, 1.54) is 6.20 Å². The Balaban J connectivity index is 2.15. The summed E-state index contributed by atoms with van der Waals surface area (Å²) in [6.45, 7) is 6.91. The Kier molecular flexibility index (Phi) is 3.58. The smallest absolute Gasteiger partial charge is 0.339 e. The Morgan fingerprint density at radius 1 is 1.41 bits per heavy atom. The van der Waals surface area contributed by atoms with Crippen molar-refractivity contribution in [2.75, 3.05) is 37.6 Å². The Hall–Kier alpha value is -1.62. The van der Waals surface area contributed by atoms with E-state index in [-0.39, 0.29) is 5.56 Å². The molecule has 0 saturated carbocycles. The summed E-state index contributed by atoms with van der Waals surface area (Å²) in [6.07, 6.45) is 3.07. The van der Waals surface area contributed by atoms with Gasteiger partial charge in [0.1, 0.15) is 5.56 Å². The van der Waals surface area contributed by atoms with Crippen molar-refractivity contribution in [1.29, 1.82) is 0 Å². The summed E-state index contributed by atoms with van der Waals surface area (Å²) < 4.78 is 0. The lowest BCUT2D eigenvalue weighted by Crippen LogP contribution is -2.46. The number of pyridine rings is 1. The molecule has 0 bridgehead atoms. The molecule has 1 N–H and O–H groups in total. The first kappa shape index (κ1) is 11.9. The predicted octanol–water partition coefficient (Wildman–Crippen LogP) is 0.922. The van der Waals surface area contributed by atoms with Crippen LogP contribution >= 0.6 is 0 Å². The van der Waals surface area contributed by atoms with Crippen molar-refractivity contribution >= 4 is 11.7 Å². The third-order valence-corrected chi connectivity index (χ3v) is 3.19. The number of carboxylic acid groups (broad SMARTS) is 1. The van der Waals surface area contributed by atoms with Crippen LogP contribution in [0.3, 0.4) is 0 Å². The maximum Gasteiger partial charge on any atom is 0.339 e. The van der Waals surface area contributed by atoms with Crippen LogP contribution < -0.4 is 4.90 Å². The number of nitrogens with zero attached hydrogens (tertiary/aromatic N) is 3. The van der Waals surface area contributed by atoms with Gasteiger partial charge >= 0.3 is 5.97 Å². The number of carboxylic acids is 1. The first-order valence-electron chi connectivity index (χ1n) is 5.87. The van der Waals surface area contributed by atoms with Crippen molar-refractivity contribution in [3.05, 3.63) is 24.0 Å². The van der Waals surface area contributed by atoms with Crippen LogP contribution in [0.4, 0.5) is 5.69 Å². The molecule has 1 aromatic rings. The molecule has 0 spiro atoms. The molecular weight excluding hydrogens is 218 g/mol. The molecule has 1 fully saturated rings. The zero-order valence-electron chi connectivity index (χ0n) is 9.96. The largest absolute Gasteiger partial charge is 0.478 e. The second-order valence-corrected chi connectivity index (χ2v) is 4.12. The second kappa shape index (κ2) is 5.14. The Labute approximate surface area is 101 Å². The fourth-order valence-corrected chi connectivity index (χ4v) is 2.13. The number of anilines is 1. The minimum absolute atomic E-state index is 0.289. The number of aromatic carboxylic acids is 1. The highest BCUT2D eigenvalue weighted by molar-refractivity contribution is 5.94. The molecule has 0 atom stereocenters. The van der Waals surface area contributed by atoms with Gasteiger partial charge in [-0.05, 0) is 12.6 Å². The number of carbonyl (C=O) groups is 1. The molecule has 1 aromatic heterocycles. The average Bonchev–Trinajstić information content (AvgIpc) is 2.39. The van der Waals surface area contributed by atoms with Crippen LogP contribution in [0.15, 0.2) is 18.5 Å². The van der Waals surface area contributed by atoms with Gasteiger partial charge in [0.25, 0.3) is 0 Å². The molecule has 5 nitrogen and oxygen atoms in total. The van der Waals surface area contributed by atoms with Gasteiger partial charge in [-0.15, -0.1) is 0 Å². The first-order chi connectivity index (χ1) is 8.22. The molecule has 0 unspecified atom stereocenters. The number of hydrogen-bond donors (Lipinski definition) is 1. The Morgan fingerprint density at radius 2 is 2.12 bits per heavy atom. The number of hydrogen-bond acceptors (Lipinski definition) is 4. The average molecular weight is 235 g/mol. The zero-order chi connectivity index (χ0) is 12.3. The third-order valence-electron chi connectivity index (χ3n) is 3.19. The van der Waals surface area contributed by atoms with Gasteiger partial charge in [-0.3, -0.25) is 4.98 Å². The van der Waals surface area contributed by atoms with Gasteiger partial charge in [0.2, 0.25) is 0 Å². The molecule has 0 aliphatic carbocycles. The van der Waals surface area contributed by atoms with E-state index in [2.05, 4.69) is 21.7 Å². The molecule has 2 rings (SSSR count). The van der Waals surface area contributed by atoms with E-state index in [4.69, 9.17) is 5.11 Å². The van der Waals surface area contributed by atoms with Crippen LogP contribution in [-0.2, 0) is 0 Å². The van der Waals surface area contributed by atoms with E-state index >= 15 is 0 Å². The van der Waals surface area contributed by atoms with Gasteiger partial charge < -0.3 is 14.9 Å². The maximum absolute atomic E-state index is 11.1. The molecule has 0 radical (unpaired) electrons. The topological polar surface area (TPSA) is 56.7 Å². The second-order valence-electron chi connectivity index (χ2n) is 4.12. The van der Waals surface area contributed by atoms with Crippen LogP contribution in [0.25, 0.3) is 0 Å². The number of aromatic nitrogens is 1. The lowest BCUT2D eigenvalue weighted by Gasteiger charge is -2.35. The fourth-order valence-electron chi connectivity index (χ4n) is 2.13. The summed E-state index contributed by atoms with van der Waals surface area (Å²) in [5.74, 6) is -0.911. The van der Waals surface area contributed by atoms with Crippen LogP contribution in [0.2, 0.25) is 0 Å². The molecule has 1 aliphatic heterocycles. The van der Waals surface area contributed by atoms with Crippen LogP contribution in [0.1, 0.15) is 17.3 Å². The van der Waals surface area contributed by atoms with Crippen molar-refractivity contribution in [3.8, 4) is 0 Å². The maximum atomic E-state index is 11.1. The molecule has 92 valence electrons. The van der Waals surface area contributed by atoms with Gasteiger partial charge in [-0.2, -0.15) is 0 Å². The summed E-state index contributed by atoms with van der Waals surface area (Å²) in [5.41, 5.74) is 1.07. The van der Waals surface area contributed by atoms with Crippen molar-refractivity contribution in [2.45, 2.75) is 6.92 Å². The quantitative estimate of drug-likeness (QED) is 0.844. The molecular formula is C12H17N3O2. The minimum Gasteiger partial charge on any atom is -0.478 e. The lowest BCUT2D eigenvalue weighted by molar-refractivity contribution is 0.0697. The van der Waals surface area contributed by atoms with E-state index in [1.807, 2.05) is 0 Å². The summed E-state index contributed by atoms with van der Waals surface area (Å²) in [5, 5.41) is 9.12. The van der Waals surface area contributed by atoms with Crippen molar-refractivity contribution in [1.82, 2.24) is 9.88 Å². The van der Waals surface area contributed by atoms with Crippen LogP contribution in [-0.4, -0.2) is 53.7 Å². The lowest BCUT2D eigenvalue weighted by atomic mass is 10.2. The van der Waals surface area contributed by atoms with E-state index in [9.17, 15) is 4.79 Å². The predicted molar refractivity (Wildman–Crippen MR) is 65.5 cm³/mol. The Morgan fingerprint density at radius 3 is 2.71 bits per heavy atom. The monoisotopic (exact) mass is 235 g/mol. The summed E-state index contributed by atoms with van der Waals surface area (Å²) >= 11 is 0. The molecule has 17 heavy (non-hydrogen) atoms. The van der Waals surface area contributed by atoms with Gasteiger partial charge in [-0.25, -0.2) is 4.79 Å². The highest BCUT2D eigenvalue weighted by Crippen LogP contribution is 2.20. The van der Waals surface area contributed by atoms with E-state index in [0.29, 0.717) is 0 Å². The van der Waals surface area contributed by atoms with E-state index < -0.39 is 5.97 Å². The highest BCUT2D eigenvalue weighted by Gasteiger charge is 2.20. The van der Waals surface area contributed by atoms with Crippen molar-refractivity contribution in [2.24, 2.45) is 0 Å². The zero-order valence-corrected chi connectivity index (χ0v) is 9.96. The SMILES string of the molecule is CCN1CCN(c2ccncc2C(=O)O)CC1. The Bertz CT molecular complexity index is 400. The van der Waals surface area contributed by atoms with Gasteiger partial charge in [-0.1, -0.05) is 6.92 Å². The van der Waals surface area contributed by atoms with Crippen LogP contribution in [0, 0.1) is 0 Å². The first-order valence-corrected chi connectivity index (χ1v) is 5.87. The van der Waals surface area contributed by atoms with E-state index in [1.54, 1.807) is 12.3 Å². The molecule has 0 aromatic carbocycles. The molecule has 5 heteroatoms. The van der Waals surface area contributed by atoms with Gasteiger partial charge in [0.15, 0.2) is 0 Å². The van der Waals surface area contributed by atoms with Gasteiger partial charge in [0.05, 0.1) is 5.69 Å². The summed E-state index contributed by atoms with van der Waals surface area (Å²) in [4.78, 5) is 19.5. The molecule has 0 amide bonds.